The minimum Gasteiger partial charge on any atom is -0.399 e. The van der Waals surface area contributed by atoms with Crippen LogP contribution in [0.3, 0.4) is 0 Å². The van der Waals surface area contributed by atoms with Crippen LogP contribution in [-0.4, -0.2) is 17.1 Å². The highest BCUT2D eigenvalue weighted by Crippen LogP contribution is 2.41. The summed E-state index contributed by atoms with van der Waals surface area (Å²) in [6, 6.07) is 0.592. The molecule has 0 spiro atoms. The fourth-order valence-corrected chi connectivity index (χ4v) is 2.56. The maximum absolute atomic E-state index is 13.0. The number of benzene rings is 1. The van der Waals surface area contributed by atoms with Gasteiger partial charge in [0.1, 0.15) is 5.41 Å². The molecule has 0 heterocycles. The molecule has 0 bridgehead atoms. The number of alkyl halides is 6. The molecule has 0 radical (unpaired) electrons. The van der Waals surface area contributed by atoms with Crippen LogP contribution in [0.15, 0.2) is 42.1 Å². The normalized spacial score (nSPS) is 24.1. The van der Waals surface area contributed by atoms with E-state index >= 15 is 0 Å². The van der Waals surface area contributed by atoms with Gasteiger partial charge in [0.15, 0.2) is 0 Å². The van der Waals surface area contributed by atoms with Crippen molar-refractivity contribution >= 4 is 5.91 Å². The summed E-state index contributed by atoms with van der Waals surface area (Å²) in [5.41, 5.74) is 4.18. The number of aliphatic hydroxyl groups excluding tert-OH is 1. The zero-order valence-corrected chi connectivity index (χ0v) is 12.3. The van der Waals surface area contributed by atoms with Crippen molar-refractivity contribution in [2.24, 2.45) is 11.5 Å². The van der Waals surface area contributed by atoms with Crippen molar-refractivity contribution in [1.82, 2.24) is 0 Å². The van der Waals surface area contributed by atoms with Crippen LogP contribution in [0.2, 0.25) is 0 Å². The Morgan fingerprint density at radius 3 is 1.92 bits per heavy atom. The maximum Gasteiger partial charge on any atom is 0.416 e. The lowest BCUT2D eigenvalue weighted by Gasteiger charge is -2.34. The topological polar surface area (TPSA) is 89.3 Å². The van der Waals surface area contributed by atoms with Crippen LogP contribution in [0, 0.1) is 0 Å². The maximum atomic E-state index is 13.0. The minimum atomic E-state index is -5.11. The average Bonchev–Trinajstić information content (AvgIpc) is 2.47. The van der Waals surface area contributed by atoms with Crippen LogP contribution >= 0.6 is 0 Å². The van der Waals surface area contributed by atoms with Gasteiger partial charge in [0, 0.05) is 5.70 Å². The van der Waals surface area contributed by atoms with Crippen molar-refractivity contribution in [3.05, 3.63) is 58.8 Å². The Hall–Kier alpha value is -2.49. The van der Waals surface area contributed by atoms with Gasteiger partial charge in [-0.05, 0) is 35.9 Å². The molecule has 0 fully saturated rings. The first-order chi connectivity index (χ1) is 11.3. The summed E-state index contributed by atoms with van der Waals surface area (Å²) in [6.07, 6.45) is -9.05. The Bertz CT molecular complexity index is 734. The zero-order valence-electron chi connectivity index (χ0n) is 12.3. The van der Waals surface area contributed by atoms with Crippen molar-refractivity contribution in [2.75, 3.05) is 0 Å². The predicted octanol–water partition coefficient (Wildman–Crippen LogP) is 2.22. The Morgan fingerprint density at radius 2 is 1.52 bits per heavy atom. The minimum absolute atomic E-state index is 0.0870. The van der Waals surface area contributed by atoms with Gasteiger partial charge in [0.05, 0.1) is 17.2 Å². The van der Waals surface area contributed by atoms with Crippen LogP contribution in [0.5, 0.6) is 0 Å². The number of aliphatic hydroxyl groups is 1. The van der Waals surface area contributed by atoms with Gasteiger partial charge >= 0.3 is 12.4 Å². The van der Waals surface area contributed by atoms with E-state index in [2.05, 4.69) is 0 Å². The lowest BCUT2D eigenvalue weighted by atomic mass is 9.71. The van der Waals surface area contributed by atoms with E-state index in [0.717, 1.165) is 18.2 Å². The molecule has 1 aromatic rings. The number of hydrogen-bond acceptors (Lipinski definition) is 3. The van der Waals surface area contributed by atoms with Gasteiger partial charge in [-0.3, -0.25) is 4.79 Å². The van der Waals surface area contributed by atoms with Gasteiger partial charge in [-0.2, -0.15) is 26.3 Å². The summed E-state index contributed by atoms with van der Waals surface area (Å²) in [6.45, 7) is 0. The predicted molar refractivity (Wildman–Crippen MR) is 74.7 cm³/mol. The fraction of sp³-hybridized carbons (Fsp3) is 0.267. The Balaban J connectivity index is 2.83. The molecular formula is C15H12F6N2O2. The monoisotopic (exact) mass is 366 g/mol. The number of primary amides is 1. The molecule has 136 valence electrons. The molecule has 4 nitrogen and oxygen atoms in total. The molecule has 0 aromatic heterocycles. The first kappa shape index (κ1) is 18.8. The smallest absolute Gasteiger partial charge is 0.399 e. The number of carbonyl (C=O) groups is 1. The van der Waals surface area contributed by atoms with Gasteiger partial charge in [-0.15, -0.1) is 0 Å². The summed E-state index contributed by atoms with van der Waals surface area (Å²) >= 11 is 0. The standard InChI is InChI=1S/C15H12F6N2O2/c16-14(17,18)8-3-7(4-9(5-8)15(19,20)21)13(12(23)25)6-10(22)1-2-11(13)24/h1-6,11,24H,22H2,(H2,23,25). The lowest BCUT2D eigenvalue weighted by Crippen LogP contribution is -2.50. The first-order valence-corrected chi connectivity index (χ1v) is 6.73. The molecule has 2 atom stereocenters. The number of nitrogens with two attached hydrogens (primary N) is 2. The van der Waals surface area contributed by atoms with Crippen molar-refractivity contribution in [3.8, 4) is 0 Å². The number of rotatable bonds is 2. The SMILES string of the molecule is NC(=O)C1(c2cc(C(F)(F)F)cc(C(F)(F)F)c2)C=C(N)C=CC1O. The van der Waals surface area contributed by atoms with Gasteiger partial charge in [-0.25, -0.2) is 0 Å². The fourth-order valence-electron chi connectivity index (χ4n) is 2.56. The number of halogens is 6. The van der Waals surface area contributed by atoms with Crippen molar-refractivity contribution < 1.29 is 36.2 Å². The van der Waals surface area contributed by atoms with E-state index in [9.17, 15) is 36.2 Å². The molecule has 25 heavy (non-hydrogen) atoms. The van der Waals surface area contributed by atoms with Crippen molar-refractivity contribution in [3.63, 3.8) is 0 Å². The largest absolute Gasteiger partial charge is 0.416 e. The second kappa shape index (κ2) is 5.80. The van der Waals surface area contributed by atoms with Crippen LogP contribution in [-0.2, 0) is 22.6 Å². The van der Waals surface area contributed by atoms with Gasteiger partial charge in [-0.1, -0.05) is 6.08 Å². The molecule has 0 aliphatic heterocycles. The highest BCUT2D eigenvalue weighted by Gasteiger charge is 2.47. The van der Waals surface area contributed by atoms with Gasteiger partial charge in [0.25, 0.3) is 0 Å². The number of amides is 1. The summed E-state index contributed by atoms with van der Waals surface area (Å²) in [5, 5.41) is 10.1. The average molecular weight is 366 g/mol. The quantitative estimate of drug-likeness (QED) is 0.701. The summed E-state index contributed by atoms with van der Waals surface area (Å²) in [5.74, 6) is -1.35. The zero-order chi connectivity index (χ0) is 19.2. The Morgan fingerprint density at radius 1 is 1.04 bits per heavy atom. The molecule has 1 aliphatic rings. The van der Waals surface area contributed by atoms with Crippen LogP contribution in [0.25, 0.3) is 0 Å². The molecule has 0 saturated carbocycles. The van der Waals surface area contributed by atoms with Crippen LogP contribution in [0.4, 0.5) is 26.3 Å². The van der Waals surface area contributed by atoms with Gasteiger partial charge < -0.3 is 16.6 Å². The second-order valence-electron chi connectivity index (χ2n) is 5.48. The van der Waals surface area contributed by atoms with Crippen LogP contribution in [0.1, 0.15) is 16.7 Å². The molecule has 10 heteroatoms. The Labute approximate surface area is 137 Å². The van der Waals surface area contributed by atoms with E-state index in [0.29, 0.717) is 12.1 Å². The third-order valence-electron chi connectivity index (χ3n) is 3.80. The van der Waals surface area contributed by atoms with E-state index in [1.54, 1.807) is 0 Å². The summed E-state index contributed by atoms with van der Waals surface area (Å²) in [4.78, 5) is 11.9. The number of carbonyl (C=O) groups excluding carboxylic acids is 1. The lowest BCUT2D eigenvalue weighted by molar-refractivity contribution is -0.143. The molecule has 1 aliphatic carbocycles. The van der Waals surface area contributed by atoms with Crippen LogP contribution < -0.4 is 11.5 Å². The van der Waals surface area contributed by atoms with Crippen molar-refractivity contribution in [2.45, 2.75) is 23.9 Å². The molecule has 1 amide bonds. The molecule has 5 N–H and O–H groups in total. The third kappa shape index (κ3) is 3.34. The van der Waals surface area contributed by atoms with E-state index in [4.69, 9.17) is 11.5 Å². The van der Waals surface area contributed by atoms with Crippen molar-refractivity contribution in [1.29, 1.82) is 0 Å². The van der Waals surface area contributed by atoms with E-state index in [-0.39, 0.29) is 11.8 Å². The number of hydrogen-bond donors (Lipinski definition) is 3. The van der Waals surface area contributed by atoms with E-state index in [1.807, 2.05) is 0 Å². The summed E-state index contributed by atoms with van der Waals surface area (Å²) in [7, 11) is 0. The molecule has 2 rings (SSSR count). The molecule has 1 aromatic carbocycles. The van der Waals surface area contributed by atoms with E-state index < -0.39 is 46.5 Å². The van der Waals surface area contributed by atoms with E-state index in [1.165, 1.54) is 0 Å². The summed E-state index contributed by atoms with van der Waals surface area (Å²) < 4.78 is 78.0. The molecular weight excluding hydrogens is 354 g/mol. The first-order valence-electron chi connectivity index (χ1n) is 6.73. The second-order valence-corrected chi connectivity index (χ2v) is 5.48. The third-order valence-corrected chi connectivity index (χ3v) is 3.80. The highest BCUT2D eigenvalue weighted by atomic mass is 19.4. The molecule has 2 unspecified atom stereocenters. The molecule has 0 saturated heterocycles. The van der Waals surface area contributed by atoms with Gasteiger partial charge in [0.2, 0.25) is 5.91 Å². The highest BCUT2D eigenvalue weighted by molar-refractivity contribution is 5.91. The number of allylic oxidation sites excluding steroid dienone is 1. The Kier molecular flexibility index (Phi) is 4.37.